The highest BCUT2D eigenvalue weighted by molar-refractivity contribution is 9.18. The molecule has 1 aromatic rings. The quantitative estimate of drug-likeness (QED) is 0.646. The zero-order valence-electron chi connectivity index (χ0n) is 10.6. The highest BCUT2D eigenvalue weighted by atomic mass is 79.9. The number of halogens is 1. The normalized spacial score (nSPS) is 9.78. The summed E-state index contributed by atoms with van der Waals surface area (Å²) in [6.45, 7) is 0.489. The molecule has 0 unspecified atom stereocenters. The largest absolute Gasteiger partial charge is 0.496 e. The molecule has 0 spiro atoms. The third kappa shape index (κ3) is 3.80. The Bertz CT molecular complexity index is 398. The molecule has 1 rings (SSSR count). The lowest BCUT2D eigenvalue weighted by molar-refractivity contribution is 0.261. The summed E-state index contributed by atoms with van der Waals surface area (Å²) in [6.07, 6.45) is 0.605. The van der Waals surface area contributed by atoms with E-state index in [1.54, 1.807) is 33.5 Å². The maximum Gasteiger partial charge on any atom is 0.287 e. The highest BCUT2D eigenvalue weighted by Gasteiger charge is 2.13. The topological polar surface area (TPSA) is 56.8 Å². The Morgan fingerprint density at radius 1 is 1.17 bits per heavy atom. The molecule has 0 aliphatic rings. The summed E-state index contributed by atoms with van der Waals surface area (Å²) in [7, 11) is 4.75. The fourth-order valence-electron chi connectivity index (χ4n) is 1.61. The Morgan fingerprint density at radius 3 is 2.11 bits per heavy atom. The summed E-state index contributed by atoms with van der Waals surface area (Å²) in [5, 5.41) is 2.66. The second-order valence-electron chi connectivity index (χ2n) is 3.46. The summed E-state index contributed by atoms with van der Waals surface area (Å²) in [5.74, 6) is 2.02. The lowest BCUT2D eigenvalue weighted by Gasteiger charge is -2.15. The summed E-state index contributed by atoms with van der Waals surface area (Å²) in [6, 6.07) is 3.57. The maximum absolute atomic E-state index is 10.8. The van der Waals surface area contributed by atoms with Crippen molar-refractivity contribution in [1.82, 2.24) is 5.32 Å². The molecule has 1 N–H and O–H groups in total. The molecule has 18 heavy (non-hydrogen) atoms. The van der Waals surface area contributed by atoms with E-state index in [9.17, 15) is 4.79 Å². The molecule has 0 aliphatic carbocycles. The van der Waals surface area contributed by atoms with Crippen LogP contribution in [0.15, 0.2) is 12.1 Å². The van der Waals surface area contributed by atoms with Crippen LogP contribution in [-0.4, -0.2) is 32.7 Å². The molecule has 0 heterocycles. The van der Waals surface area contributed by atoms with Crippen LogP contribution in [0.5, 0.6) is 17.2 Å². The fraction of sp³-hybridized carbons (Fsp3) is 0.417. The van der Waals surface area contributed by atoms with Crippen molar-refractivity contribution in [3.8, 4) is 17.2 Å². The van der Waals surface area contributed by atoms with Crippen LogP contribution in [0.3, 0.4) is 0 Å². The number of amides is 1. The van der Waals surface area contributed by atoms with Crippen molar-refractivity contribution in [2.75, 3.05) is 27.9 Å². The first kappa shape index (κ1) is 14.6. The first-order valence-corrected chi connectivity index (χ1v) is 6.14. The Balaban J connectivity index is 2.95. The van der Waals surface area contributed by atoms with Crippen molar-refractivity contribution < 1.29 is 19.0 Å². The van der Waals surface area contributed by atoms with Crippen LogP contribution >= 0.6 is 15.9 Å². The molecule has 1 aromatic carbocycles. The molecule has 5 nitrogen and oxygen atoms in total. The van der Waals surface area contributed by atoms with Crippen LogP contribution in [0.4, 0.5) is 4.79 Å². The molecule has 0 radical (unpaired) electrons. The van der Waals surface area contributed by atoms with Crippen molar-refractivity contribution in [3.63, 3.8) is 0 Å². The van der Waals surface area contributed by atoms with Gasteiger partial charge in [0.1, 0.15) is 17.2 Å². The molecule has 0 fully saturated rings. The second kappa shape index (κ2) is 7.10. The number of rotatable bonds is 6. The summed E-state index contributed by atoms with van der Waals surface area (Å²) < 4.78 is 15.8. The maximum atomic E-state index is 10.8. The zero-order valence-corrected chi connectivity index (χ0v) is 12.2. The van der Waals surface area contributed by atoms with E-state index >= 15 is 0 Å². The molecule has 0 bridgehead atoms. The Morgan fingerprint density at radius 2 is 1.72 bits per heavy atom. The average molecular weight is 318 g/mol. The second-order valence-corrected chi connectivity index (χ2v) is 4.18. The predicted molar refractivity (Wildman–Crippen MR) is 72.1 cm³/mol. The molecule has 1 amide bonds. The van der Waals surface area contributed by atoms with E-state index in [4.69, 9.17) is 14.2 Å². The number of carbonyl (C=O) groups excluding carboxylic acids is 1. The smallest absolute Gasteiger partial charge is 0.287 e. The van der Waals surface area contributed by atoms with Crippen molar-refractivity contribution in [2.45, 2.75) is 6.42 Å². The zero-order chi connectivity index (χ0) is 13.5. The molecule has 100 valence electrons. The fourth-order valence-corrected chi connectivity index (χ4v) is 1.81. The first-order chi connectivity index (χ1) is 8.62. The van der Waals surface area contributed by atoms with Gasteiger partial charge in [0.2, 0.25) is 0 Å². The van der Waals surface area contributed by atoms with Gasteiger partial charge in [-0.2, -0.15) is 0 Å². The predicted octanol–water partition coefficient (Wildman–Crippen LogP) is 2.36. The van der Waals surface area contributed by atoms with Crippen molar-refractivity contribution in [2.24, 2.45) is 0 Å². The number of carbonyl (C=O) groups is 1. The first-order valence-electron chi connectivity index (χ1n) is 5.34. The van der Waals surface area contributed by atoms with Gasteiger partial charge in [-0.25, -0.2) is 0 Å². The van der Waals surface area contributed by atoms with Crippen LogP contribution in [0.1, 0.15) is 5.56 Å². The van der Waals surface area contributed by atoms with Gasteiger partial charge >= 0.3 is 0 Å². The molecule has 0 saturated heterocycles. The summed E-state index contributed by atoms with van der Waals surface area (Å²) in [4.78, 5) is 10.5. The molecular weight excluding hydrogens is 302 g/mol. The minimum atomic E-state index is -0.242. The van der Waals surface area contributed by atoms with Crippen molar-refractivity contribution in [3.05, 3.63) is 17.7 Å². The SMILES string of the molecule is COc1cc(OC)c(CCNC(=O)Br)c(OC)c1. The van der Waals surface area contributed by atoms with E-state index in [0.717, 1.165) is 5.56 Å². The van der Waals surface area contributed by atoms with Crippen LogP contribution < -0.4 is 19.5 Å². The van der Waals surface area contributed by atoms with Gasteiger partial charge in [-0.1, -0.05) is 0 Å². The number of methoxy groups -OCH3 is 3. The van der Waals surface area contributed by atoms with E-state index in [1.165, 1.54) is 0 Å². The van der Waals surface area contributed by atoms with Crippen molar-refractivity contribution >= 4 is 20.7 Å². The van der Waals surface area contributed by atoms with Crippen molar-refractivity contribution in [1.29, 1.82) is 0 Å². The molecule has 0 atom stereocenters. The number of benzene rings is 1. The molecule has 6 heteroatoms. The summed E-state index contributed by atoms with van der Waals surface area (Å²) >= 11 is 2.81. The van der Waals surface area contributed by atoms with Gasteiger partial charge in [-0.3, -0.25) is 4.79 Å². The average Bonchev–Trinajstić information content (AvgIpc) is 2.37. The molecule has 0 aliphatic heterocycles. The third-order valence-corrected chi connectivity index (χ3v) is 2.74. The Hall–Kier alpha value is -1.43. The number of hydrogen-bond donors (Lipinski definition) is 1. The summed E-state index contributed by atoms with van der Waals surface area (Å²) in [5.41, 5.74) is 0.891. The van der Waals surface area contributed by atoms with Gasteiger partial charge in [-0.05, 0) is 6.42 Å². The van der Waals surface area contributed by atoms with Crippen LogP contribution in [0.2, 0.25) is 0 Å². The van der Waals surface area contributed by atoms with Gasteiger partial charge in [0.05, 0.1) is 21.3 Å². The van der Waals surface area contributed by atoms with E-state index in [0.29, 0.717) is 30.2 Å². The van der Waals surface area contributed by atoms with Gasteiger partial charge in [0.25, 0.3) is 4.82 Å². The van der Waals surface area contributed by atoms with Gasteiger partial charge in [0, 0.05) is 40.2 Å². The number of nitrogens with one attached hydrogen (secondary N) is 1. The van der Waals surface area contributed by atoms with Crippen LogP contribution in [0.25, 0.3) is 0 Å². The number of hydrogen-bond acceptors (Lipinski definition) is 4. The van der Waals surface area contributed by atoms with E-state index in [2.05, 4.69) is 21.2 Å². The monoisotopic (exact) mass is 317 g/mol. The van der Waals surface area contributed by atoms with E-state index in [1.807, 2.05) is 0 Å². The lowest BCUT2D eigenvalue weighted by Crippen LogP contribution is -2.19. The number of ether oxygens (including phenoxy) is 3. The van der Waals surface area contributed by atoms with Gasteiger partial charge in [-0.15, -0.1) is 0 Å². The molecule has 0 saturated carbocycles. The van der Waals surface area contributed by atoms with E-state index in [-0.39, 0.29) is 4.82 Å². The third-order valence-electron chi connectivity index (χ3n) is 2.46. The Kier molecular flexibility index (Phi) is 5.77. The minimum Gasteiger partial charge on any atom is -0.496 e. The Labute approximate surface area is 115 Å². The van der Waals surface area contributed by atoms with Crippen LogP contribution in [-0.2, 0) is 6.42 Å². The highest BCUT2D eigenvalue weighted by Crippen LogP contribution is 2.34. The minimum absolute atomic E-state index is 0.242. The van der Waals surface area contributed by atoms with Gasteiger partial charge < -0.3 is 19.5 Å². The lowest BCUT2D eigenvalue weighted by atomic mass is 10.1. The molecular formula is C12H16BrNO4. The van der Waals surface area contributed by atoms with Gasteiger partial charge in [0.15, 0.2) is 0 Å². The molecule has 0 aromatic heterocycles. The van der Waals surface area contributed by atoms with Crippen LogP contribution in [0, 0.1) is 0 Å². The standard InChI is InChI=1S/C12H16BrNO4/c1-16-8-6-10(17-2)9(11(7-8)18-3)4-5-14-12(13)15/h6-7H,4-5H2,1-3H3,(H,14,15). The van der Waals surface area contributed by atoms with E-state index < -0.39 is 0 Å².